The van der Waals surface area contributed by atoms with E-state index in [-0.39, 0.29) is 0 Å². The molecule has 18 heavy (non-hydrogen) atoms. The Kier molecular flexibility index (Phi) is 2.96. The Labute approximate surface area is 110 Å². The van der Waals surface area contributed by atoms with Crippen LogP contribution in [0.1, 0.15) is 38.7 Å². The lowest BCUT2D eigenvalue weighted by Gasteiger charge is -2.42. The Bertz CT molecular complexity index is 441. The fourth-order valence-corrected chi connectivity index (χ4v) is 3.30. The zero-order chi connectivity index (χ0) is 12.7. The third-order valence-corrected chi connectivity index (χ3v) is 4.52. The van der Waals surface area contributed by atoms with Crippen molar-refractivity contribution in [3.05, 3.63) is 23.8 Å². The van der Waals surface area contributed by atoms with Crippen molar-refractivity contribution in [2.45, 2.75) is 52.2 Å². The van der Waals surface area contributed by atoms with Gasteiger partial charge in [-0.15, -0.1) is 0 Å². The molecule has 98 valence electrons. The molecule has 3 atom stereocenters. The third kappa shape index (κ3) is 2.09. The summed E-state index contributed by atoms with van der Waals surface area (Å²) in [6.45, 7) is 6.81. The smallest absolute Gasteiger partial charge is 0.142 e. The molecular weight excluding hydrogens is 222 g/mol. The van der Waals surface area contributed by atoms with E-state index in [1.165, 1.54) is 30.5 Å². The van der Waals surface area contributed by atoms with Gasteiger partial charge in [0.1, 0.15) is 11.9 Å². The predicted octanol–water partition coefficient (Wildman–Crippen LogP) is 3.99. The Balaban J connectivity index is 1.80. The van der Waals surface area contributed by atoms with E-state index < -0.39 is 0 Å². The fraction of sp³-hybridized carbons (Fsp3) is 0.625. The van der Waals surface area contributed by atoms with Crippen molar-refractivity contribution in [2.24, 2.45) is 11.8 Å². The van der Waals surface area contributed by atoms with Crippen molar-refractivity contribution in [3.63, 3.8) is 0 Å². The van der Waals surface area contributed by atoms with Gasteiger partial charge in [-0.05, 0) is 55.7 Å². The number of hydrogen-bond acceptors (Lipinski definition) is 2. The van der Waals surface area contributed by atoms with Crippen molar-refractivity contribution < 1.29 is 4.74 Å². The Morgan fingerprint density at radius 3 is 2.89 bits per heavy atom. The molecule has 3 unspecified atom stereocenters. The average molecular weight is 245 g/mol. The van der Waals surface area contributed by atoms with Crippen molar-refractivity contribution in [2.75, 3.05) is 5.32 Å². The molecule has 0 aromatic heterocycles. The first-order chi connectivity index (χ1) is 8.63. The van der Waals surface area contributed by atoms with Gasteiger partial charge < -0.3 is 10.1 Å². The van der Waals surface area contributed by atoms with Gasteiger partial charge >= 0.3 is 0 Å². The second kappa shape index (κ2) is 4.49. The first-order valence-corrected chi connectivity index (χ1v) is 7.17. The van der Waals surface area contributed by atoms with Crippen molar-refractivity contribution in [3.8, 4) is 5.75 Å². The van der Waals surface area contributed by atoms with E-state index in [1.54, 1.807) is 0 Å². The third-order valence-electron chi connectivity index (χ3n) is 4.52. The standard InChI is InChI=1S/C16H23NO/c1-10(2)12-5-7-16-14(9-12)17-13-8-11(3)4-6-15(13)18-16/h4,6,8,10,12,14,16-17H,5,7,9H2,1-3H3. The summed E-state index contributed by atoms with van der Waals surface area (Å²) in [6.07, 6.45) is 4.11. The van der Waals surface area contributed by atoms with Gasteiger partial charge in [0.25, 0.3) is 0 Å². The SMILES string of the molecule is Cc1ccc2c(c1)NC1CC(C(C)C)CCC1O2. The molecule has 0 amide bonds. The van der Waals surface area contributed by atoms with E-state index in [0.717, 1.165) is 17.6 Å². The van der Waals surface area contributed by atoms with Crippen LogP contribution in [0.2, 0.25) is 0 Å². The topological polar surface area (TPSA) is 21.3 Å². The van der Waals surface area contributed by atoms with E-state index in [0.29, 0.717) is 12.1 Å². The molecule has 1 aliphatic heterocycles. The summed E-state index contributed by atoms with van der Waals surface area (Å²) in [7, 11) is 0. The number of benzene rings is 1. The van der Waals surface area contributed by atoms with Gasteiger partial charge in [-0.2, -0.15) is 0 Å². The summed E-state index contributed by atoms with van der Waals surface area (Å²) in [4.78, 5) is 0. The van der Waals surface area contributed by atoms with Crippen LogP contribution in [0.25, 0.3) is 0 Å². The second-order valence-electron chi connectivity index (χ2n) is 6.22. The molecule has 0 bridgehead atoms. The highest BCUT2D eigenvalue weighted by Gasteiger charge is 2.36. The molecule has 2 aliphatic rings. The minimum atomic E-state index is 0.371. The predicted molar refractivity (Wildman–Crippen MR) is 75.2 cm³/mol. The van der Waals surface area contributed by atoms with Crippen LogP contribution in [-0.4, -0.2) is 12.1 Å². The van der Waals surface area contributed by atoms with Gasteiger partial charge in [0, 0.05) is 0 Å². The molecule has 1 heterocycles. The number of nitrogens with one attached hydrogen (secondary N) is 1. The van der Waals surface area contributed by atoms with Crippen LogP contribution in [0.4, 0.5) is 5.69 Å². The molecule has 1 N–H and O–H groups in total. The maximum absolute atomic E-state index is 6.16. The monoisotopic (exact) mass is 245 g/mol. The zero-order valence-electron chi connectivity index (χ0n) is 11.6. The highest BCUT2D eigenvalue weighted by atomic mass is 16.5. The van der Waals surface area contributed by atoms with E-state index in [9.17, 15) is 0 Å². The van der Waals surface area contributed by atoms with Crippen LogP contribution in [0, 0.1) is 18.8 Å². The maximum atomic E-state index is 6.16. The van der Waals surface area contributed by atoms with Gasteiger partial charge in [-0.25, -0.2) is 0 Å². The zero-order valence-corrected chi connectivity index (χ0v) is 11.6. The molecule has 1 aromatic rings. The van der Waals surface area contributed by atoms with E-state index in [1.807, 2.05) is 0 Å². The Morgan fingerprint density at radius 2 is 2.11 bits per heavy atom. The highest BCUT2D eigenvalue weighted by molar-refractivity contribution is 5.60. The second-order valence-corrected chi connectivity index (χ2v) is 6.22. The highest BCUT2D eigenvalue weighted by Crippen LogP contribution is 2.40. The molecular formula is C16H23NO. The fourth-order valence-electron chi connectivity index (χ4n) is 3.30. The molecule has 1 aliphatic carbocycles. The summed E-state index contributed by atoms with van der Waals surface area (Å²) < 4.78 is 6.16. The molecule has 0 saturated heterocycles. The number of aryl methyl sites for hydroxylation is 1. The Hall–Kier alpha value is -1.18. The van der Waals surface area contributed by atoms with Gasteiger partial charge in [-0.3, -0.25) is 0 Å². The number of rotatable bonds is 1. The molecule has 1 fully saturated rings. The summed E-state index contributed by atoms with van der Waals surface area (Å²) >= 11 is 0. The first-order valence-electron chi connectivity index (χ1n) is 7.17. The molecule has 0 spiro atoms. The number of fused-ring (bicyclic) bond motifs is 2. The summed E-state index contributed by atoms with van der Waals surface area (Å²) in [5.41, 5.74) is 2.47. The van der Waals surface area contributed by atoms with Crippen molar-refractivity contribution in [1.82, 2.24) is 0 Å². The van der Waals surface area contributed by atoms with Gasteiger partial charge in [-0.1, -0.05) is 19.9 Å². The summed E-state index contributed by atoms with van der Waals surface area (Å²) in [5.74, 6) is 2.66. The summed E-state index contributed by atoms with van der Waals surface area (Å²) in [5, 5.41) is 3.70. The van der Waals surface area contributed by atoms with Crippen LogP contribution in [-0.2, 0) is 0 Å². The Morgan fingerprint density at radius 1 is 1.28 bits per heavy atom. The summed E-state index contributed by atoms with van der Waals surface area (Å²) in [6, 6.07) is 6.92. The number of hydrogen-bond donors (Lipinski definition) is 1. The van der Waals surface area contributed by atoms with Gasteiger partial charge in [0.2, 0.25) is 0 Å². The molecule has 0 radical (unpaired) electrons. The largest absolute Gasteiger partial charge is 0.486 e. The number of ether oxygens (including phenoxy) is 1. The van der Waals surface area contributed by atoms with Crippen LogP contribution in [0.15, 0.2) is 18.2 Å². The van der Waals surface area contributed by atoms with E-state index in [2.05, 4.69) is 44.3 Å². The lowest BCUT2D eigenvalue weighted by Crippen LogP contribution is -2.46. The molecule has 2 nitrogen and oxygen atoms in total. The first kappa shape index (κ1) is 11.9. The quantitative estimate of drug-likeness (QED) is 0.807. The van der Waals surface area contributed by atoms with Crippen LogP contribution >= 0.6 is 0 Å². The van der Waals surface area contributed by atoms with Crippen LogP contribution in [0.3, 0.4) is 0 Å². The van der Waals surface area contributed by atoms with E-state index >= 15 is 0 Å². The molecule has 1 aromatic carbocycles. The van der Waals surface area contributed by atoms with Crippen molar-refractivity contribution in [1.29, 1.82) is 0 Å². The minimum Gasteiger partial charge on any atom is -0.486 e. The molecule has 1 saturated carbocycles. The molecule has 2 heteroatoms. The lowest BCUT2D eigenvalue weighted by atomic mass is 9.77. The normalized spacial score (nSPS) is 30.1. The lowest BCUT2D eigenvalue weighted by molar-refractivity contribution is 0.0947. The number of anilines is 1. The maximum Gasteiger partial charge on any atom is 0.142 e. The van der Waals surface area contributed by atoms with Gasteiger partial charge in [0.05, 0.1) is 11.7 Å². The molecule has 3 rings (SSSR count). The van der Waals surface area contributed by atoms with Gasteiger partial charge in [0.15, 0.2) is 0 Å². The average Bonchev–Trinajstić information content (AvgIpc) is 2.35. The minimum absolute atomic E-state index is 0.371. The van der Waals surface area contributed by atoms with Crippen LogP contribution in [0.5, 0.6) is 5.75 Å². The van der Waals surface area contributed by atoms with Crippen molar-refractivity contribution >= 4 is 5.69 Å². The van der Waals surface area contributed by atoms with E-state index in [4.69, 9.17) is 4.74 Å². The van der Waals surface area contributed by atoms with Crippen LogP contribution < -0.4 is 10.1 Å².